The molecule has 12 nitrogen and oxygen atoms in total. The van der Waals surface area contributed by atoms with E-state index in [1.54, 1.807) is 47.6 Å². The zero-order valence-electron chi connectivity index (χ0n) is 32.3. The molecule has 2 saturated carbocycles. The summed E-state index contributed by atoms with van der Waals surface area (Å²) in [7, 11) is 0. The smallest absolute Gasteiger partial charge is 0.306 e. The molecule has 6 rings (SSSR count). The number of carbonyl (C=O) groups is 4. The molecule has 0 spiro atoms. The Kier molecular flexibility index (Phi) is 14.9. The van der Waals surface area contributed by atoms with Crippen LogP contribution in [0.4, 0.5) is 8.78 Å². The Hall–Kier alpha value is -4.40. The minimum atomic E-state index is -0.562. The number of halogens is 3. The molecule has 2 amide bonds. The van der Waals surface area contributed by atoms with E-state index in [0.717, 1.165) is 36.8 Å². The number of pyridine rings is 2. The van der Waals surface area contributed by atoms with Crippen LogP contribution in [0.15, 0.2) is 53.1 Å². The Morgan fingerprint density at radius 3 is 1.76 bits per heavy atom. The lowest BCUT2D eigenvalue weighted by atomic mass is 10.1. The normalized spacial score (nSPS) is 16.7. The number of esters is 2. The van der Waals surface area contributed by atoms with Crippen LogP contribution in [0.3, 0.4) is 0 Å². The van der Waals surface area contributed by atoms with E-state index in [0.29, 0.717) is 77.7 Å². The van der Waals surface area contributed by atoms with Crippen molar-refractivity contribution in [3.8, 4) is 5.88 Å². The first-order chi connectivity index (χ1) is 25.9. The average molecular weight is 834 g/mol. The van der Waals surface area contributed by atoms with Gasteiger partial charge in [0.15, 0.2) is 0 Å². The van der Waals surface area contributed by atoms with E-state index in [1.165, 1.54) is 18.5 Å². The Morgan fingerprint density at radius 1 is 0.800 bits per heavy atom. The Labute approximate surface area is 328 Å². The van der Waals surface area contributed by atoms with Crippen molar-refractivity contribution >= 4 is 39.7 Å². The summed E-state index contributed by atoms with van der Waals surface area (Å²) < 4.78 is 41.1. The van der Waals surface area contributed by atoms with E-state index < -0.39 is 11.2 Å². The van der Waals surface area contributed by atoms with Crippen LogP contribution >= 0.6 is 15.9 Å². The molecule has 4 aliphatic rings. The number of hydrogen-bond acceptors (Lipinski definition) is 9. The minimum absolute atomic E-state index is 0.00856. The van der Waals surface area contributed by atoms with Crippen LogP contribution in [0.5, 0.6) is 5.88 Å². The maximum absolute atomic E-state index is 13.1. The van der Waals surface area contributed by atoms with Crippen molar-refractivity contribution in [1.29, 1.82) is 0 Å². The van der Waals surface area contributed by atoms with Crippen LogP contribution in [0.2, 0.25) is 0 Å². The molecule has 0 aromatic carbocycles. The molecular weight excluding hydrogens is 782 g/mol. The van der Waals surface area contributed by atoms with Crippen LogP contribution in [-0.2, 0) is 32.2 Å². The molecule has 2 fully saturated rings. The summed E-state index contributed by atoms with van der Waals surface area (Å²) in [6.45, 7) is 12.0. The topological polar surface area (TPSA) is 148 Å². The van der Waals surface area contributed by atoms with Crippen molar-refractivity contribution in [1.82, 2.24) is 19.8 Å². The van der Waals surface area contributed by atoms with Crippen molar-refractivity contribution in [2.45, 2.75) is 129 Å². The fourth-order valence-electron chi connectivity index (χ4n) is 5.69. The lowest BCUT2D eigenvalue weighted by Crippen LogP contribution is -2.25. The van der Waals surface area contributed by atoms with Gasteiger partial charge in [-0.2, -0.15) is 0 Å². The number of nitrogens with zero attached hydrogens (tertiary/aromatic N) is 3. The number of hydrogen-bond donors (Lipinski definition) is 1. The van der Waals surface area contributed by atoms with Gasteiger partial charge in [0.25, 0.3) is 11.8 Å². The molecule has 2 aliphatic heterocycles. The highest BCUT2D eigenvalue weighted by atomic mass is 79.9. The van der Waals surface area contributed by atoms with E-state index in [2.05, 4.69) is 25.9 Å². The van der Waals surface area contributed by atoms with Crippen molar-refractivity contribution < 1.29 is 42.2 Å². The number of aromatic nitrogens is 2. The van der Waals surface area contributed by atoms with Gasteiger partial charge in [-0.25, -0.2) is 13.8 Å². The second-order valence-corrected chi connectivity index (χ2v) is 16.4. The standard InChI is InChI=1S/C20H25FN2O4.C10H16BrFO2.C10H10N2O2/c1-20(2,3)27-18(24)7-4-13(9-21)12-26-17-8-14-11-23(15-5-6-15)19(25)16(14)10-22-17;1-10(2,3)14-9(13)5-4-8(6-11)7-12;13-9-3-6-5-12(7-1-2-7)10(14)8(6)4-11-9/h8-10,15H,4-7,11-12H2,1-3H3;7H,4-6H2,1-3H3;3-4,7H,1-2,5H2,(H,11,13)/b13-9+;8-7+;. The van der Waals surface area contributed by atoms with E-state index >= 15 is 0 Å². The minimum Gasteiger partial charge on any atom is -0.473 e. The molecule has 0 unspecified atom stereocenters. The predicted molar refractivity (Wildman–Crippen MR) is 205 cm³/mol. The number of allylic oxidation sites excluding steroid dienone is 1. The molecule has 0 saturated heterocycles. The maximum Gasteiger partial charge on any atom is 0.306 e. The number of ether oxygens (including phenoxy) is 3. The van der Waals surface area contributed by atoms with E-state index in [1.807, 2.05) is 9.80 Å². The summed E-state index contributed by atoms with van der Waals surface area (Å²) in [5, 5.41) is 0.451. The van der Waals surface area contributed by atoms with Crippen molar-refractivity contribution in [2.24, 2.45) is 0 Å². The van der Waals surface area contributed by atoms with Crippen molar-refractivity contribution in [2.75, 3.05) is 11.9 Å². The molecule has 2 aromatic heterocycles. The van der Waals surface area contributed by atoms with Gasteiger partial charge in [0.05, 0.1) is 23.8 Å². The highest BCUT2D eigenvalue weighted by molar-refractivity contribution is 9.09. The second-order valence-electron chi connectivity index (χ2n) is 15.9. The largest absolute Gasteiger partial charge is 0.473 e. The quantitative estimate of drug-likeness (QED) is 0.171. The first-order valence-electron chi connectivity index (χ1n) is 18.4. The predicted octanol–water partition coefficient (Wildman–Crippen LogP) is 7.40. The summed E-state index contributed by atoms with van der Waals surface area (Å²) in [4.78, 5) is 68.5. The number of aromatic amines is 1. The van der Waals surface area contributed by atoms with Crippen molar-refractivity contribution in [3.05, 3.63) is 80.9 Å². The molecule has 2 aliphatic carbocycles. The highest BCUT2D eigenvalue weighted by Gasteiger charge is 2.39. The van der Waals surface area contributed by atoms with Crippen LogP contribution in [0, 0.1) is 0 Å². The number of carbonyl (C=O) groups excluding carboxylic acids is 4. The summed E-state index contributed by atoms with van der Waals surface area (Å²) in [6, 6.07) is 4.03. The second kappa shape index (κ2) is 19.0. The summed E-state index contributed by atoms with van der Waals surface area (Å²) in [5.74, 6) is -0.239. The highest BCUT2D eigenvalue weighted by Crippen LogP contribution is 2.35. The molecule has 0 radical (unpaired) electrons. The van der Waals surface area contributed by atoms with Gasteiger partial charge < -0.3 is 29.0 Å². The zero-order valence-corrected chi connectivity index (χ0v) is 33.9. The van der Waals surface area contributed by atoms with Gasteiger partial charge in [0.2, 0.25) is 11.4 Å². The van der Waals surface area contributed by atoms with Crippen LogP contribution < -0.4 is 10.3 Å². The lowest BCUT2D eigenvalue weighted by molar-refractivity contribution is -0.155. The van der Waals surface area contributed by atoms with Crippen LogP contribution in [0.25, 0.3) is 0 Å². The van der Waals surface area contributed by atoms with Crippen LogP contribution in [0.1, 0.15) is 125 Å². The number of fused-ring (bicyclic) bond motifs is 2. The Morgan fingerprint density at radius 2 is 1.29 bits per heavy atom. The molecule has 300 valence electrons. The molecule has 1 N–H and O–H groups in total. The van der Waals surface area contributed by atoms with Gasteiger partial charge in [0, 0.05) is 67.9 Å². The van der Waals surface area contributed by atoms with E-state index in [-0.39, 0.29) is 55.2 Å². The molecule has 4 heterocycles. The third-order valence-corrected chi connectivity index (χ3v) is 9.36. The van der Waals surface area contributed by atoms with Crippen molar-refractivity contribution in [3.63, 3.8) is 0 Å². The summed E-state index contributed by atoms with van der Waals surface area (Å²) in [5.41, 5.74) is 2.78. The van der Waals surface area contributed by atoms with E-state index in [9.17, 15) is 32.8 Å². The number of H-pyrrole nitrogens is 1. The summed E-state index contributed by atoms with van der Waals surface area (Å²) >= 11 is 3.13. The molecule has 2 aromatic rings. The third-order valence-electron chi connectivity index (χ3n) is 8.64. The van der Waals surface area contributed by atoms with Gasteiger partial charge in [0.1, 0.15) is 17.8 Å². The Bertz CT molecular complexity index is 1840. The monoisotopic (exact) mass is 832 g/mol. The maximum atomic E-state index is 13.1. The molecule has 55 heavy (non-hydrogen) atoms. The SMILES string of the molecule is CC(C)(C)OC(=O)CC/C(=C\F)CBr.CC(C)(C)OC(=O)CC/C(=C\F)COc1cc2c(cn1)C(=O)N(C1CC1)C2.O=C1c2c[nH]c(=O)cc2CN1C1CC1. The van der Waals surface area contributed by atoms with Gasteiger partial charge in [-0.05, 0) is 102 Å². The fourth-order valence-corrected chi connectivity index (χ4v) is 6.09. The first kappa shape index (κ1) is 43.3. The zero-order chi connectivity index (χ0) is 40.5. The van der Waals surface area contributed by atoms with E-state index in [4.69, 9.17) is 14.2 Å². The molecular formula is C40H51BrF2N4O8. The lowest BCUT2D eigenvalue weighted by Gasteiger charge is -2.19. The van der Waals surface area contributed by atoms with Gasteiger partial charge in [-0.1, -0.05) is 15.9 Å². The van der Waals surface area contributed by atoms with Gasteiger partial charge >= 0.3 is 11.9 Å². The van der Waals surface area contributed by atoms with Gasteiger partial charge in [-0.3, -0.25) is 24.0 Å². The van der Waals surface area contributed by atoms with Crippen LogP contribution in [-0.4, -0.2) is 78.7 Å². The number of amides is 2. The molecule has 15 heteroatoms. The molecule has 0 atom stereocenters. The number of nitrogens with one attached hydrogen (secondary N) is 1. The molecule has 0 bridgehead atoms. The first-order valence-corrected chi connectivity index (χ1v) is 19.5. The third kappa shape index (κ3) is 13.7. The number of rotatable bonds is 12. The summed E-state index contributed by atoms with van der Waals surface area (Å²) in [6.07, 6.45) is 9.27. The van der Waals surface area contributed by atoms with Gasteiger partial charge in [-0.15, -0.1) is 0 Å². The average Bonchev–Trinajstić information content (AvgIpc) is 4.05. The fraction of sp³-hybridized carbons (Fsp3) is 0.550. The number of alkyl halides is 1. The Balaban J connectivity index is 0.000000202.